The van der Waals surface area contributed by atoms with Gasteiger partial charge in [0.2, 0.25) is 5.95 Å². The molecule has 0 unspecified atom stereocenters. The van der Waals surface area contributed by atoms with E-state index < -0.39 is 0 Å². The highest BCUT2D eigenvalue weighted by Gasteiger charge is 2.00. The first-order chi connectivity index (χ1) is 6.11. The van der Waals surface area contributed by atoms with Gasteiger partial charge in [0.15, 0.2) is 0 Å². The molecule has 0 aromatic carbocycles. The molecule has 1 heterocycles. The standard InChI is InChI=1S/C9H15N3O/c1-7(2)6-11-9-10-5-4-8(13)12(9)3/h4-5,7H,6H2,1-3H3,(H,10,11). The van der Waals surface area contributed by atoms with Crippen LogP contribution in [0.5, 0.6) is 0 Å². The van der Waals surface area contributed by atoms with Crippen LogP contribution in [0.25, 0.3) is 0 Å². The summed E-state index contributed by atoms with van der Waals surface area (Å²) < 4.78 is 1.50. The van der Waals surface area contributed by atoms with Crippen molar-refractivity contribution in [2.45, 2.75) is 13.8 Å². The van der Waals surface area contributed by atoms with E-state index >= 15 is 0 Å². The molecule has 13 heavy (non-hydrogen) atoms. The molecular formula is C9H15N3O. The summed E-state index contributed by atoms with van der Waals surface area (Å²) in [7, 11) is 1.71. The largest absolute Gasteiger partial charge is 0.355 e. The Morgan fingerprint density at radius 3 is 2.92 bits per heavy atom. The zero-order valence-electron chi connectivity index (χ0n) is 8.24. The van der Waals surface area contributed by atoms with Crippen molar-refractivity contribution >= 4 is 5.95 Å². The highest BCUT2D eigenvalue weighted by molar-refractivity contribution is 5.24. The van der Waals surface area contributed by atoms with Crippen molar-refractivity contribution in [2.75, 3.05) is 11.9 Å². The quantitative estimate of drug-likeness (QED) is 0.752. The highest BCUT2D eigenvalue weighted by atomic mass is 16.1. The molecule has 1 aromatic heterocycles. The van der Waals surface area contributed by atoms with Gasteiger partial charge in [0.1, 0.15) is 0 Å². The molecule has 0 saturated heterocycles. The van der Waals surface area contributed by atoms with E-state index in [0.29, 0.717) is 11.9 Å². The third-order valence-electron chi connectivity index (χ3n) is 1.73. The van der Waals surface area contributed by atoms with Gasteiger partial charge in [0.05, 0.1) is 0 Å². The molecule has 1 rings (SSSR count). The van der Waals surface area contributed by atoms with Crippen LogP contribution < -0.4 is 10.9 Å². The minimum absolute atomic E-state index is 0.0405. The van der Waals surface area contributed by atoms with Gasteiger partial charge in [-0.15, -0.1) is 0 Å². The van der Waals surface area contributed by atoms with Crippen molar-refractivity contribution < 1.29 is 0 Å². The molecule has 0 spiro atoms. The van der Waals surface area contributed by atoms with Crippen LogP contribution in [-0.2, 0) is 7.05 Å². The molecule has 0 bridgehead atoms. The van der Waals surface area contributed by atoms with Gasteiger partial charge in [-0.25, -0.2) is 4.98 Å². The van der Waals surface area contributed by atoms with Crippen LogP contribution in [0.15, 0.2) is 17.1 Å². The summed E-state index contributed by atoms with van der Waals surface area (Å²) in [5, 5.41) is 3.11. The number of nitrogens with zero attached hydrogens (tertiary/aromatic N) is 2. The number of hydrogen-bond donors (Lipinski definition) is 1. The van der Waals surface area contributed by atoms with Crippen molar-refractivity contribution in [1.29, 1.82) is 0 Å². The van der Waals surface area contributed by atoms with E-state index in [4.69, 9.17) is 0 Å². The van der Waals surface area contributed by atoms with Crippen LogP contribution in [-0.4, -0.2) is 16.1 Å². The van der Waals surface area contributed by atoms with Gasteiger partial charge in [0, 0.05) is 25.9 Å². The average Bonchev–Trinajstić information content (AvgIpc) is 2.07. The smallest absolute Gasteiger partial charge is 0.254 e. The van der Waals surface area contributed by atoms with Crippen molar-refractivity contribution in [3.05, 3.63) is 22.6 Å². The number of anilines is 1. The number of rotatable bonds is 3. The lowest BCUT2D eigenvalue weighted by molar-refractivity contribution is 0.675. The summed E-state index contributed by atoms with van der Waals surface area (Å²) in [5.74, 6) is 1.17. The number of aromatic nitrogens is 2. The Hall–Kier alpha value is -1.32. The number of hydrogen-bond acceptors (Lipinski definition) is 3. The first-order valence-corrected chi connectivity index (χ1v) is 4.37. The fraction of sp³-hybridized carbons (Fsp3) is 0.556. The Morgan fingerprint density at radius 2 is 2.31 bits per heavy atom. The lowest BCUT2D eigenvalue weighted by Crippen LogP contribution is -2.22. The molecule has 0 aliphatic heterocycles. The lowest BCUT2D eigenvalue weighted by atomic mass is 10.2. The predicted molar refractivity (Wildman–Crippen MR) is 52.8 cm³/mol. The summed E-state index contributed by atoms with van der Waals surface area (Å²) in [6.45, 7) is 5.03. The Bertz CT molecular complexity index is 330. The van der Waals surface area contributed by atoms with Crippen molar-refractivity contribution in [3.8, 4) is 0 Å². The molecule has 0 saturated carbocycles. The maximum absolute atomic E-state index is 11.2. The van der Waals surface area contributed by atoms with E-state index in [-0.39, 0.29) is 5.56 Å². The average molecular weight is 181 g/mol. The van der Waals surface area contributed by atoms with Gasteiger partial charge in [-0.05, 0) is 5.92 Å². The molecule has 0 aliphatic carbocycles. The SMILES string of the molecule is CC(C)CNc1nccc(=O)n1C. The summed E-state index contributed by atoms with van der Waals surface area (Å²) in [5.41, 5.74) is -0.0405. The topological polar surface area (TPSA) is 46.9 Å². The van der Waals surface area contributed by atoms with Crippen LogP contribution >= 0.6 is 0 Å². The molecule has 72 valence electrons. The van der Waals surface area contributed by atoms with Gasteiger partial charge in [0.25, 0.3) is 5.56 Å². The fourth-order valence-corrected chi connectivity index (χ4v) is 0.934. The third kappa shape index (κ3) is 2.57. The van der Waals surface area contributed by atoms with Crippen molar-refractivity contribution in [1.82, 2.24) is 9.55 Å². The van der Waals surface area contributed by atoms with E-state index in [1.54, 1.807) is 7.05 Å². The second-order valence-electron chi connectivity index (χ2n) is 3.44. The van der Waals surface area contributed by atoms with E-state index in [9.17, 15) is 4.79 Å². The summed E-state index contributed by atoms with van der Waals surface area (Å²) in [6, 6.07) is 1.44. The maximum atomic E-state index is 11.2. The zero-order valence-corrected chi connectivity index (χ0v) is 8.24. The molecule has 0 radical (unpaired) electrons. The van der Waals surface area contributed by atoms with Crippen LogP contribution in [0.4, 0.5) is 5.95 Å². The second kappa shape index (κ2) is 4.07. The predicted octanol–water partition coefficient (Wildman–Crippen LogP) is 0.848. The third-order valence-corrected chi connectivity index (χ3v) is 1.73. The zero-order chi connectivity index (χ0) is 9.84. The molecule has 0 amide bonds. The molecule has 1 aromatic rings. The minimum atomic E-state index is -0.0405. The normalized spacial score (nSPS) is 10.5. The molecule has 0 fully saturated rings. The molecule has 1 N–H and O–H groups in total. The molecule has 0 atom stereocenters. The van der Waals surface area contributed by atoms with E-state index in [0.717, 1.165) is 6.54 Å². The van der Waals surface area contributed by atoms with Crippen LogP contribution in [0, 0.1) is 5.92 Å². The van der Waals surface area contributed by atoms with Crippen molar-refractivity contribution in [2.24, 2.45) is 13.0 Å². The molecule has 4 nitrogen and oxygen atoms in total. The van der Waals surface area contributed by atoms with Crippen LogP contribution in [0.1, 0.15) is 13.8 Å². The molecule has 0 aliphatic rings. The Morgan fingerprint density at radius 1 is 1.62 bits per heavy atom. The first-order valence-electron chi connectivity index (χ1n) is 4.37. The molecule has 4 heteroatoms. The highest BCUT2D eigenvalue weighted by Crippen LogP contribution is 1.98. The van der Waals surface area contributed by atoms with E-state index in [1.807, 2.05) is 0 Å². The van der Waals surface area contributed by atoms with Crippen molar-refractivity contribution in [3.63, 3.8) is 0 Å². The summed E-state index contributed by atoms with van der Waals surface area (Å²) in [6.07, 6.45) is 1.52. The van der Waals surface area contributed by atoms with Crippen LogP contribution in [0.2, 0.25) is 0 Å². The van der Waals surface area contributed by atoms with Gasteiger partial charge < -0.3 is 5.32 Å². The van der Waals surface area contributed by atoms with Crippen LogP contribution in [0.3, 0.4) is 0 Å². The monoisotopic (exact) mass is 181 g/mol. The van der Waals surface area contributed by atoms with E-state index in [2.05, 4.69) is 24.1 Å². The van der Waals surface area contributed by atoms with Gasteiger partial charge in [-0.3, -0.25) is 9.36 Å². The number of nitrogens with one attached hydrogen (secondary N) is 1. The fourth-order valence-electron chi connectivity index (χ4n) is 0.934. The Balaban J connectivity index is 2.77. The Labute approximate surface area is 77.6 Å². The van der Waals surface area contributed by atoms with Gasteiger partial charge in [-0.1, -0.05) is 13.8 Å². The lowest BCUT2D eigenvalue weighted by Gasteiger charge is -2.10. The van der Waals surface area contributed by atoms with Gasteiger partial charge >= 0.3 is 0 Å². The minimum Gasteiger partial charge on any atom is -0.355 e. The molecular weight excluding hydrogens is 166 g/mol. The second-order valence-corrected chi connectivity index (χ2v) is 3.44. The van der Waals surface area contributed by atoms with E-state index in [1.165, 1.54) is 16.8 Å². The Kier molecular flexibility index (Phi) is 3.06. The summed E-state index contributed by atoms with van der Waals surface area (Å²) in [4.78, 5) is 15.2. The first kappa shape index (κ1) is 9.77. The maximum Gasteiger partial charge on any atom is 0.254 e. The summed E-state index contributed by atoms with van der Waals surface area (Å²) >= 11 is 0. The van der Waals surface area contributed by atoms with Gasteiger partial charge in [-0.2, -0.15) is 0 Å².